The number of nitrogens with zero attached hydrogens (tertiary/aromatic N) is 2. The van der Waals surface area contributed by atoms with E-state index in [9.17, 15) is 0 Å². The standard InChI is InChI=1S/C22H22ClN3O2/c1-2-6-16-11-20(28-17-9-10-24-21(23)12-17)18(14-27-16)22-25-13-19(26-22)15-7-4-3-5-8-15/h3-10,12-13,18,20H,2,11,14H2,1H3,(H,25,26)/b16-6+/t18?,20-/m1/s1. The van der Waals surface area contributed by atoms with Gasteiger partial charge < -0.3 is 14.5 Å². The van der Waals surface area contributed by atoms with Gasteiger partial charge in [0, 0.05) is 18.7 Å². The van der Waals surface area contributed by atoms with Crippen LogP contribution in [-0.4, -0.2) is 27.7 Å². The van der Waals surface area contributed by atoms with E-state index in [0.717, 1.165) is 29.3 Å². The normalized spacial score (nSPS) is 20.7. The smallest absolute Gasteiger partial charge is 0.132 e. The van der Waals surface area contributed by atoms with E-state index in [0.29, 0.717) is 23.9 Å². The van der Waals surface area contributed by atoms with E-state index in [2.05, 4.69) is 40.1 Å². The molecule has 1 aliphatic heterocycles. The zero-order valence-corrected chi connectivity index (χ0v) is 16.4. The molecule has 4 rings (SSSR count). The predicted octanol–water partition coefficient (Wildman–Crippen LogP) is 5.37. The van der Waals surface area contributed by atoms with Gasteiger partial charge in [0.2, 0.25) is 0 Å². The van der Waals surface area contributed by atoms with Crippen molar-refractivity contribution >= 4 is 11.6 Å². The first kappa shape index (κ1) is 18.6. The molecule has 0 amide bonds. The fourth-order valence-electron chi connectivity index (χ4n) is 3.37. The van der Waals surface area contributed by atoms with E-state index in [4.69, 9.17) is 21.1 Å². The van der Waals surface area contributed by atoms with Gasteiger partial charge in [-0.1, -0.05) is 48.9 Å². The molecule has 1 fully saturated rings. The highest BCUT2D eigenvalue weighted by Gasteiger charge is 2.34. The van der Waals surface area contributed by atoms with Gasteiger partial charge in [-0.3, -0.25) is 0 Å². The van der Waals surface area contributed by atoms with Crippen molar-refractivity contribution in [3.63, 3.8) is 0 Å². The number of allylic oxidation sites excluding steroid dienone is 1. The van der Waals surface area contributed by atoms with Crippen LogP contribution in [0.1, 0.15) is 31.5 Å². The second-order valence-electron chi connectivity index (χ2n) is 6.72. The van der Waals surface area contributed by atoms with Crippen LogP contribution in [0.4, 0.5) is 0 Å². The molecule has 2 atom stereocenters. The minimum atomic E-state index is -0.111. The van der Waals surface area contributed by atoms with Crippen LogP contribution in [0, 0.1) is 0 Å². The summed E-state index contributed by atoms with van der Waals surface area (Å²) in [7, 11) is 0. The summed E-state index contributed by atoms with van der Waals surface area (Å²) in [5.74, 6) is 2.50. The van der Waals surface area contributed by atoms with E-state index in [1.54, 1.807) is 12.3 Å². The van der Waals surface area contributed by atoms with Crippen molar-refractivity contribution < 1.29 is 9.47 Å². The molecular formula is C22H22ClN3O2. The molecule has 0 aliphatic carbocycles. The van der Waals surface area contributed by atoms with E-state index in [1.807, 2.05) is 30.5 Å². The zero-order valence-electron chi connectivity index (χ0n) is 15.6. The molecule has 28 heavy (non-hydrogen) atoms. The van der Waals surface area contributed by atoms with Crippen molar-refractivity contribution in [1.82, 2.24) is 15.0 Å². The van der Waals surface area contributed by atoms with Crippen molar-refractivity contribution in [2.24, 2.45) is 0 Å². The molecule has 1 aliphatic rings. The van der Waals surface area contributed by atoms with E-state index >= 15 is 0 Å². The molecule has 0 bridgehead atoms. The molecule has 0 saturated carbocycles. The molecule has 144 valence electrons. The molecule has 1 saturated heterocycles. The molecule has 1 N–H and O–H groups in total. The van der Waals surface area contributed by atoms with Crippen molar-refractivity contribution in [2.45, 2.75) is 31.8 Å². The Hall–Kier alpha value is -2.79. The summed E-state index contributed by atoms with van der Waals surface area (Å²) in [6.07, 6.45) is 7.10. The molecule has 0 spiro atoms. The Bertz CT molecular complexity index is 955. The van der Waals surface area contributed by atoms with Gasteiger partial charge in [0.1, 0.15) is 29.4 Å². The number of aromatic amines is 1. The second kappa shape index (κ2) is 8.48. The SMILES string of the molecule is CC/C=C1\C[C@@H](Oc2ccnc(Cl)c2)C(c2ncc(-c3ccccc3)[nH]2)CO1. The average Bonchev–Trinajstić information content (AvgIpc) is 3.19. The van der Waals surface area contributed by atoms with E-state index in [-0.39, 0.29) is 12.0 Å². The Kier molecular flexibility index (Phi) is 5.63. The minimum Gasteiger partial charge on any atom is -0.497 e. The highest BCUT2D eigenvalue weighted by Crippen LogP contribution is 2.33. The quantitative estimate of drug-likeness (QED) is 0.590. The van der Waals surface area contributed by atoms with Gasteiger partial charge in [-0.15, -0.1) is 0 Å². The number of halogens is 1. The van der Waals surface area contributed by atoms with E-state index < -0.39 is 0 Å². The molecule has 1 unspecified atom stereocenters. The van der Waals surface area contributed by atoms with E-state index in [1.165, 1.54) is 0 Å². The summed E-state index contributed by atoms with van der Waals surface area (Å²) in [6.45, 7) is 2.61. The number of H-pyrrole nitrogens is 1. The van der Waals surface area contributed by atoms with Gasteiger partial charge in [0.05, 0.1) is 23.6 Å². The molecule has 2 aromatic heterocycles. The number of nitrogens with one attached hydrogen (secondary N) is 1. The van der Waals surface area contributed by atoms with Crippen molar-refractivity contribution in [1.29, 1.82) is 0 Å². The maximum Gasteiger partial charge on any atom is 0.132 e. The number of ether oxygens (including phenoxy) is 2. The zero-order chi connectivity index (χ0) is 19.3. The van der Waals surface area contributed by atoms with Gasteiger partial charge in [0.15, 0.2) is 0 Å². The van der Waals surface area contributed by atoms with Crippen LogP contribution >= 0.6 is 11.6 Å². The lowest BCUT2D eigenvalue weighted by Crippen LogP contribution is -2.34. The number of imidazole rings is 1. The number of rotatable bonds is 5. The third-order valence-corrected chi connectivity index (χ3v) is 4.95. The molecule has 0 radical (unpaired) electrons. The molecule has 5 nitrogen and oxygen atoms in total. The monoisotopic (exact) mass is 395 g/mol. The predicted molar refractivity (Wildman–Crippen MR) is 109 cm³/mol. The molecule has 3 aromatic rings. The minimum absolute atomic E-state index is 0.0154. The topological polar surface area (TPSA) is 60.0 Å². The third-order valence-electron chi connectivity index (χ3n) is 4.75. The first-order valence-corrected chi connectivity index (χ1v) is 9.81. The van der Waals surface area contributed by atoms with Gasteiger partial charge in [0.25, 0.3) is 0 Å². The van der Waals surface area contributed by atoms with Crippen LogP contribution in [0.2, 0.25) is 5.15 Å². The number of pyridine rings is 1. The van der Waals surface area contributed by atoms with Gasteiger partial charge >= 0.3 is 0 Å². The summed E-state index contributed by atoms with van der Waals surface area (Å²) < 4.78 is 12.3. The molecular weight excluding hydrogens is 374 g/mol. The maximum absolute atomic E-state index is 6.29. The van der Waals surface area contributed by atoms with Crippen LogP contribution in [0.15, 0.2) is 66.7 Å². The fourth-order valence-corrected chi connectivity index (χ4v) is 3.54. The van der Waals surface area contributed by atoms with Crippen molar-refractivity contribution in [2.75, 3.05) is 6.61 Å². The van der Waals surface area contributed by atoms with Gasteiger partial charge in [-0.05, 0) is 24.1 Å². The Balaban J connectivity index is 1.60. The number of hydrogen-bond acceptors (Lipinski definition) is 4. The molecule has 1 aromatic carbocycles. The highest BCUT2D eigenvalue weighted by molar-refractivity contribution is 6.29. The third kappa shape index (κ3) is 4.20. The lowest BCUT2D eigenvalue weighted by Gasteiger charge is -2.32. The maximum atomic E-state index is 6.29. The highest BCUT2D eigenvalue weighted by atomic mass is 35.5. The van der Waals surface area contributed by atoms with Crippen molar-refractivity contribution in [3.05, 3.63) is 77.7 Å². The molecule has 3 heterocycles. The first-order chi connectivity index (χ1) is 13.7. The summed E-state index contributed by atoms with van der Waals surface area (Å²) >= 11 is 6.02. The second-order valence-corrected chi connectivity index (χ2v) is 7.11. The first-order valence-electron chi connectivity index (χ1n) is 9.43. The van der Waals surface area contributed by atoms with Crippen LogP contribution in [0.3, 0.4) is 0 Å². The van der Waals surface area contributed by atoms with Crippen LogP contribution < -0.4 is 4.74 Å². The Morgan fingerprint density at radius 1 is 1.25 bits per heavy atom. The summed E-state index contributed by atoms with van der Waals surface area (Å²) in [5.41, 5.74) is 2.08. The number of benzene rings is 1. The molecule has 6 heteroatoms. The average molecular weight is 396 g/mol. The fraction of sp³-hybridized carbons (Fsp3) is 0.273. The largest absolute Gasteiger partial charge is 0.497 e. The number of hydrogen-bond donors (Lipinski definition) is 1. The summed E-state index contributed by atoms with van der Waals surface area (Å²) in [5, 5.41) is 0.412. The van der Waals surface area contributed by atoms with Crippen LogP contribution in [-0.2, 0) is 4.74 Å². The Labute approximate surface area is 169 Å². The lowest BCUT2D eigenvalue weighted by molar-refractivity contribution is 0.0469. The Morgan fingerprint density at radius 3 is 2.89 bits per heavy atom. The summed E-state index contributed by atoms with van der Waals surface area (Å²) in [4.78, 5) is 12.1. The van der Waals surface area contributed by atoms with Crippen LogP contribution in [0.25, 0.3) is 11.3 Å². The van der Waals surface area contributed by atoms with Gasteiger partial charge in [-0.25, -0.2) is 9.97 Å². The summed E-state index contributed by atoms with van der Waals surface area (Å²) in [6, 6.07) is 13.7. The lowest BCUT2D eigenvalue weighted by atomic mass is 9.95. The van der Waals surface area contributed by atoms with Crippen molar-refractivity contribution in [3.8, 4) is 17.0 Å². The van der Waals surface area contributed by atoms with Gasteiger partial charge in [-0.2, -0.15) is 0 Å². The Morgan fingerprint density at radius 2 is 2.11 bits per heavy atom. The van der Waals surface area contributed by atoms with Crippen LogP contribution in [0.5, 0.6) is 5.75 Å². The number of aromatic nitrogens is 3.